The average Bonchev–Trinajstić information content (AvgIpc) is 3.90. The van der Waals surface area contributed by atoms with Crippen molar-refractivity contribution < 1.29 is 0 Å². The first kappa shape index (κ1) is 36.0. The number of thiophene rings is 1. The third-order valence-corrected chi connectivity index (χ3v) is 13.6. The lowest BCUT2D eigenvalue weighted by molar-refractivity contribution is 0.661. The number of para-hydroxylation sites is 1. The van der Waals surface area contributed by atoms with Gasteiger partial charge in [-0.15, -0.1) is 11.3 Å². The van der Waals surface area contributed by atoms with Crippen molar-refractivity contribution >= 4 is 53.3 Å². The molecule has 8 aromatic carbocycles. The molecule has 0 spiro atoms. The van der Waals surface area contributed by atoms with Crippen LogP contribution >= 0.6 is 11.3 Å². The second-order valence-electron chi connectivity index (χ2n) is 16.2. The van der Waals surface area contributed by atoms with Crippen molar-refractivity contribution in [1.29, 1.82) is 0 Å². The fourth-order valence-corrected chi connectivity index (χ4v) is 10.5. The van der Waals surface area contributed by atoms with E-state index in [0.29, 0.717) is 0 Å². The van der Waals surface area contributed by atoms with E-state index in [1.807, 2.05) is 23.5 Å². The predicted molar refractivity (Wildman–Crippen MR) is 255 cm³/mol. The first-order valence-electron chi connectivity index (χ1n) is 20.2. The van der Waals surface area contributed by atoms with Gasteiger partial charge in [-0.2, -0.15) is 0 Å². The van der Waals surface area contributed by atoms with Crippen LogP contribution in [0.25, 0.3) is 104 Å². The lowest BCUT2D eigenvalue weighted by Crippen LogP contribution is -2.14. The fraction of sp³-hybridized carbons (Fsp3) is 0.0714. The molecule has 3 heterocycles. The van der Waals surface area contributed by atoms with E-state index in [4.69, 9.17) is 9.97 Å². The van der Waals surface area contributed by atoms with Crippen molar-refractivity contribution in [3.8, 4) is 61.8 Å². The summed E-state index contributed by atoms with van der Waals surface area (Å²) in [5, 5.41) is 5.00. The number of hydrogen-bond donors (Lipinski definition) is 0. The van der Waals surface area contributed by atoms with Gasteiger partial charge in [-0.05, 0) is 106 Å². The minimum absolute atomic E-state index is 0. The van der Waals surface area contributed by atoms with Gasteiger partial charge in [0.25, 0.3) is 0 Å². The van der Waals surface area contributed by atoms with Gasteiger partial charge < -0.3 is 4.57 Å². The Labute approximate surface area is 353 Å². The number of aromatic nitrogens is 3. The molecular formula is C56H41N3S. The van der Waals surface area contributed by atoms with Crippen molar-refractivity contribution in [3.05, 3.63) is 199 Å². The summed E-state index contributed by atoms with van der Waals surface area (Å²) in [6.45, 7) is 4.72. The SMILES string of the molecule is C.CC1(C)c2ccccc2-c2cc3c4cc(-c5ccc6sc7ccc(-c8nc(-c9ccccc9)cc(-c9ccccc9)n8)cc7c6c5)ccc4n(-c4ccccc4)c3cc21. The largest absolute Gasteiger partial charge is 0.309 e. The highest BCUT2D eigenvalue weighted by Gasteiger charge is 2.36. The molecule has 0 aliphatic heterocycles. The molecule has 0 saturated carbocycles. The van der Waals surface area contributed by atoms with Crippen molar-refractivity contribution in [1.82, 2.24) is 14.5 Å². The lowest BCUT2D eigenvalue weighted by Gasteiger charge is -2.21. The van der Waals surface area contributed by atoms with Gasteiger partial charge in [0.1, 0.15) is 0 Å². The summed E-state index contributed by atoms with van der Waals surface area (Å²) in [6.07, 6.45) is 0. The monoisotopic (exact) mass is 787 g/mol. The van der Waals surface area contributed by atoms with E-state index >= 15 is 0 Å². The number of hydrogen-bond acceptors (Lipinski definition) is 3. The predicted octanol–water partition coefficient (Wildman–Crippen LogP) is 15.6. The second kappa shape index (κ2) is 13.7. The van der Waals surface area contributed by atoms with Gasteiger partial charge in [0.05, 0.1) is 22.4 Å². The third-order valence-electron chi connectivity index (χ3n) is 12.4. The van der Waals surface area contributed by atoms with Gasteiger partial charge in [-0.1, -0.05) is 137 Å². The van der Waals surface area contributed by atoms with Crippen molar-refractivity contribution in [2.45, 2.75) is 26.7 Å². The highest BCUT2D eigenvalue weighted by molar-refractivity contribution is 7.25. The maximum atomic E-state index is 5.15. The van der Waals surface area contributed by atoms with E-state index < -0.39 is 0 Å². The zero-order chi connectivity index (χ0) is 39.2. The van der Waals surface area contributed by atoms with Gasteiger partial charge in [0.15, 0.2) is 5.82 Å². The number of nitrogens with zero attached hydrogens (tertiary/aromatic N) is 3. The molecule has 1 aliphatic rings. The normalized spacial score (nSPS) is 12.8. The van der Waals surface area contributed by atoms with E-state index in [-0.39, 0.29) is 12.8 Å². The maximum Gasteiger partial charge on any atom is 0.160 e. The molecule has 0 atom stereocenters. The standard InChI is InChI=1S/C55H37N3S.CH4/c1-55(2)46-21-13-12-20-40(46)41-31-43-42-28-36(22-25-50(42)58(51(43)32-47(41)55)39-18-10-5-11-19-39)37-23-26-52-44(29-37)45-30-38(24-27-53(45)59-52)54-56-48(34-14-6-3-7-15-34)33-49(57-54)35-16-8-4-9-17-35;/h3-33H,1-2H3;1H4. The molecule has 0 amide bonds. The Morgan fingerprint density at radius 1 is 0.417 bits per heavy atom. The quantitative estimate of drug-likeness (QED) is 0.174. The van der Waals surface area contributed by atoms with Gasteiger partial charge in [0, 0.05) is 58.7 Å². The molecule has 60 heavy (non-hydrogen) atoms. The molecule has 0 bridgehead atoms. The molecule has 3 nitrogen and oxygen atoms in total. The zero-order valence-corrected chi connectivity index (χ0v) is 33.5. The van der Waals surface area contributed by atoms with Crippen LogP contribution in [0, 0.1) is 0 Å². The second-order valence-corrected chi connectivity index (χ2v) is 17.3. The minimum atomic E-state index is -0.0805. The Balaban J connectivity index is 0.00000408. The molecule has 0 fully saturated rings. The Kier molecular flexibility index (Phi) is 8.23. The van der Waals surface area contributed by atoms with Crippen LogP contribution in [0.4, 0.5) is 0 Å². The number of fused-ring (bicyclic) bond motifs is 9. The minimum Gasteiger partial charge on any atom is -0.309 e. The van der Waals surface area contributed by atoms with E-state index in [1.54, 1.807) is 0 Å². The highest BCUT2D eigenvalue weighted by Crippen LogP contribution is 2.51. The molecular weight excluding hydrogens is 747 g/mol. The zero-order valence-electron chi connectivity index (χ0n) is 32.6. The van der Waals surface area contributed by atoms with Crippen LogP contribution in [-0.2, 0) is 5.41 Å². The van der Waals surface area contributed by atoms with E-state index in [1.165, 1.54) is 81.0 Å². The first-order valence-corrected chi connectivity index (χ1v) is 21.0. The van der Waals surface area contributed by atoms with Crippen LogP contribution in [0.3, 0.4) is 0 Å². The van der Waals surface area contributed by atoms with E-state index in [0.717, 1.165) is 33.9 Å². The summed E-state index contributed by atoms with van der Waals surface area (Å²) in [5.41, 5.74) is 16.4. The molecule has 3 aromatic heterocycles. The molecule has 0 radical (unpaired) electrons. The molecule has 286 valence electrons. The first-order chi connectivity index (χ1) is 29.0. The fourth-order valence-electron chi connectivity index (χ4n) is 9.43. The Morgan fingerprint density at radius 2 is 0.950 bits per heavy atom. The van der Waals surface area contributed by atoms with Crippen molar-refractivity contribution in [3.63, 3.8) is 0 Å². The summed E-state index contributed by atoms with van der Waals surface area (Å²) in [4.78, 5) is 10.3. The third kappa shape index (κ3) is 5.56. The number of rotatable bonds is 5. The summed E-state index contributed by atoms with van der Waals surface area (Å²) < 4.78 is 4.97. The summed E-state index contributed by atoms with van der Waals surface area (Å²) >= 11 is 1.84. The van der Waals surface area contributed by atoms with Crippen LogP contribution in [0.1, 0.15) is 32.4 Å². The average molecular weight is 788 g/mol. The molecule has 4 heteroatoms. The smallest absolute Gasteiger partial charge is 0.160 e. The molecule has 11 aromatic rings. The van der Waals surface area contributed by atoms with E-state index in [9.17, 15) is 0 Å². The van der Waals surface area contributed by atoms with Gasteiger partial charge in [-0.25, -0.2) is 9.97 Å². The van der Waals surface area contributed by atoms with Crippen LogP contribution < -0.4 is 0 Å². The van der Waals surface area contributed by atoms with Crippen LogP contribution in [-0.4, -0.2) is 14.5 Å². The summed E-state index contributed by atoms with van der Waals surface area (Å²) in [5.74, 6) is 0.723. The van der Waals surface area contributed by atoms with Crippen LogP contribution in [0.2, 0.25) is 0 Å². The summed E-state index contributed by atoms with van der Waals surface area (Å²) in [7, 11) is 0. The molecule has 12 rings (SSSR count). The van der Waals surface area contributed by atoms with Crippen molar-refractivity contribution in [2.24, 2.45) is 0 Å². The Morgan fingerprint density at radius 3 is 1.62 bits per heavy atom. The molecule has 1 aliphatic carbocycles. The summed E-state index contributed by atoms with van der Waals surface area (Å²) in [6, 6.07) is 68.2. The number of benzene rings is 8. The van der Waals surface area contributed by atoms with Gasteiger partial charge in [0.2, 0.25) is 0 Å². The van der Waals surface area contributed by atoms with E-state index in [2.05, 4.69) is 194 Å². The topological polar surface area (TPSA) is 30.7 Å². The lowest BCUT2D eigenvalue weighted by atomic mass is 9.82. The molecule has 0 N–H and O–H groups in total. The molecule has 0 saturated heterocycles. The maximum absolute atomic E-state index is 5.15. The Bertz CT molecular complexity index is 3390. The Hall–Kier alpha value is -7.14. The van der Waals surface area contributed by atoms with Gasteiger partial charge in [-0.3, -0.25) is 0 Å². The highest BCUT2D eigenvalue weighted by atomic mass is 32.1. The van der Waals surface area contributed by atoms with Crippen LogP contribution in [0.5, 0.6) is 0 Å². The molecule has 0 unspecified atom stereocenters. The van der Waals surface area contributed by atoms with Gasteiger partial charge >= 0.3 is 0 Å². The van der Waals surface area contributed by atoms with Crippen molar-refractivity contribution in [2.75, 3.05) is 0 Å². The van der Waals surface area contributed by atoms with Crippen LogP contribution in [0.15, 0.2) is 188 Å².